The minimum Gasteiger partial charge on any atom is -0.475 e. The van der Waals surface area contributed by atoms with Gasteiger partial charge in [-0.3, -0.25) is 10.2 Å². The van der Waals surface area contributed by atoms with Gasteiger partial charge in [0.2, 0.25) is 0 Å². The number of amides is 1. The Hall–Kier alpha value is -3.02. The maximum Gasteiger partial charge on any atom is 0.490 e. The van der Waals surface area contributed by atoms with E-state index in [9.17, 15) is 31.1 Å². The highest BCUT2D eigenvalue weighted by molar-refractivity contribution is 6.30. The number of nitrogens with two attached hydrogens (primary N) is 1. The van der Waals surface area contributed by atoms with E-state index in [1.54, 1.807) is 0 Å². The van der Waals surface area contributed by atoms with Crippen LogP contribution in [0.1, 0.15) is 21.5 Å². The summed E-state index contributed by atoms with van der Waals surface area (Å²) in [6.45, 7) is -0.255. The SMILES string of the molecule is N=c1c(C(N)=O)cc(Cl)cn1Cc1ccccc1C(F)(F)F.O=C(O)C(F)(F)F. The summed E-state index contributed by atoms with van der Waals surface area (Å²) in [7, 11) is 0. The van der Waals surface area contributed by atoms with E-state index in [-0.39, 0.29) is 28.2 Å². The van der Waals surface area contributed by atoms with Crippen LogP contribution in [0.3, 0.4) is 0 Å². The lowest BCUT2D eigenvalue weighted by molar-refractivity contribution is -0.192. The van der Waals surface area contributed by atoms with Crippen molar-refractivity contribution in [3.05, 3.63) is 63.7 Å². The Bertz CT molecular complexity index is 970. The van der Waals surface area contributed by atoms with Gasteiger partial charge < -0.3 is 15.4 Å². The van der Waals surface area contributed by atoms with E-state index in [0.717, 1.165) is 10.6 Å². The molecule has 2 aromatic rings. The highest BCUT2D eigenvalue weighted by atomic mass is 35.5. The first-order valence-electron chi connectivity index (χ1n) is 7.34. The van der Waals surface area contributed by atoms with Crippen molar-refractivity contribution < 1.29 is 41.0 Å². The molecule has 0 bridgehead atoms. The summed E-state index contributed by atoms with van der Waals surface area (Å²) in [5.74, 6) is -3.63. The van der Waals surface area contributed by atoms with Gasteiger partial charge in [-0.2, -0.15) is 26.3 Å². The average Bonchev–Trinajstić information content (AvgIpc) is 2.56. The third kappa shape index (κ3) is 6.82. The van der Waals surface area contributed by atoms with Crippen LogP contribution in [0, 0.1) is 5.41 Å². The number of aromatic nitrogens is 1. The number of hydrogen-bond acceptors (Lipinski definition) is 3. The molecule has 0 unspecified atom stereocenters. The van der Waals surface area contributed by atoms with Gasteiger partial charge in [0.1, 0.15) is 5.49 Å². The predicted octanol–water partition coefficient (Wildman–Crippen LogP) is 3.42. The molecule has 29 heavy (non-hydrogen) atoms. The lowest BCUT2D eigenvalue weighted by Gasteiger charge is -2.15. The van der Waals surface area contributed by atoms with Gasteiger partial charge in [-0.15, -0.1) is 0 Å². The number of carboxylic acids is 1. The molecule has 1 heterocycles. The van der Waals surface area contributed by atoms with Crippen LogP contribution in [0.15, 0.2) is 36.5 Å². The van der Waals surface area contributed by atoms with Crippen molar-refractivity contribution in [2.45, 2.75) is 18.9 Å². The molecule has 0 aliphatic heterocycles. The van der Waals surface area contributed by atoms with Crippen LogP contribution in [0.5, 0.6) is 0 Å². The molecular formula is C16H12ClF6N3O3. The first-order chi connectivity index (χ1) is 13.1. The second-order valence-corrected chi connectivity index (χ2v) is 5.81. The van der Waals surface area contributed by atoms with Crippen LogP contribution in [0.25, 0.3) is 0 Å². The van der Waals surface area contributed by atoms with Crippen molar-refractivity contribution >= 4 is 23.5 Å². The lowest BCUT2D eigenvalue weighted by atomic mass is 10.1. The number of alkyl halides is 6. The monoisotopic (exact) mass is 443 g/mol. The van der Waals surface area contributed by atoms with Crippen molar-refractivity contribution in [1.29, 1.82) is 5.41 Å². The summed E-state index contributed by atoms with van der Waals surface area (Å²) in [6.07, 6.45) is -8.31. The largest absolute Gasteiger partial charge is 0.490 e. The Balaban J connectivity index is 0.000000516. The zero-order valence-electron chi connectivity index (χ0n) is 14.1. The summed E-state index contributed by atoms with van der Waals surface area (Å²) in [4.78, 5) is 20.2. The molecule has 0 spiro atoms. The van der Waals surface area contributed by atoms with Crippen molar-refractivity contribution in [2.24, 2.45) is 5.73 Å². The molecule has 2 rings (SSSR count). The number of nitrogens with zero attached hydrogens (tertiary/aromatic N) is 1. The molecule has 0 aliphatic rings. The van der Waals surface area contributed by atoms with Gasteiger partial charge in [0.25, 0.3) is 5.91 Å². The van der Waals surface area contributed by atoms with Gasteiger partial charge in [0.15, 0.2) is 0 Å². The molecule has 13 heteroatoms. The van der Waals surface area contributed by atoms with Gasteiger partial charge in [-0.25, -0.2) is 4.79 Å². The van der Waals surface area contributed by atoms with E-state index < -0.39 is 29.8 Å². The molecule has 1 aromatic heterocycles. The number of benzene rings is 1. The third-order valence-electron chi connectivity index (χ3n) is 3.28. The quantitative estimate of drug-likeness (QED) is 0.632. The van der Waals surface area contributed by atoms with Crippen molar-refractivity contribution in [3.8, 4) is 0 Å². The normalized spacial score (nSPS) is 11.4. The van der Waals surface area contributed by atoms with E-state index in [1.165, 1.54) is 30.5 Å². The van der Waals surface area contributed by atoms with Gasteiger partial charge in [-0.1, -0.05) is 29.8 Å². The standard InChI is InChI=1S/C14H11ClF3N3O.C2HF3O2/c15-9-5-10(13(20)22)12(19)21(7-9)6-8-3-1-2-4-11(8)14(16,17)18;3-2(4,5)1(6)7/h1-5,7,19H,6H2,(H2,20,22);(H,6,7). The van der Waals surface area contributed by atoms with Crippen LogP contribution < -0.4 is 11.2 Å². The molecule has 0 saturated carbocycles. The minimum absolute atomic E-state index is 0.0359. The van der Waals surface area contributed by atoms with E-state index in [1.807, 2.05) is 0 Å². The second-order valence-electron chi connectivity index (χ2n) is 5.37. The predicted molar refractivity (Wildman–Crippen MR) is 88.1 cm³/mol. The van der Waals surface area contributed by atoms with Crippen LogP contribution in [0.2, 0.25) is 5.02 Å². The first kappa shape index (κ1) is 24.0. The van der Waals surface area contributed by atoms with E-state index in [0.29, 0.717) is 0 Å². The fourth-order valence-corrected chi connectivity index (χ4v) is 2.27. The third-order valence-corrected chi connectivity index (χ3v) is 3.48. The highest BCUT2D eigenvalue weighted by Crippen LogP contribution is 2.32. The summed E-state index contributed by atoms with van der Waals surface area (Å²) < 4.78 is 71.8. The van der Waals surface area contributed by atoms with E-state index in [2.05, 4.69) is 0 Å². The number of primary amides is 1. The number of rotatable bonds is 3. The Kier molecular flexibility index (Phi) is 7.44. The number of carbonyl (C=O) groups excluding carboxylic acids is 1. The van der Waals surface area contributed by atoms with Crippen molar-refractivity contribution in [3.63, 3.8) is 0 Å². The minimum atomic E-state index is -5.08. The van der Waals surface area contributed by atoms with Gasteiger partial charge >= 0.3 is 18.3 Å². The maximum absolute atomic E-state index is 13.0. The fraction of sp³-hybridized carbons (Fsp3) is 0.188. The molecule has 0 aliphatic carbocycles. The number of carbonyl (C=O) groups is 2. The Morgan fingerprint density at radius 1 is 1.14 bits per heavy atom. The Morgan fingerprint density at radius 3 is 2.10 bits per heavy atom. The molecule has 1 amide bonds. The fourth-order valence-electron chi connectivity index (χ4n) is 2.04. The average molecular weight is 444 g/mol. The van der Waals surface area contributed by atoms with Gasteiger partial charge in [0, 0.05) is 12.7 Å². The highest BCUT2D eigenvalue weighted by Gasteiger charge is 2.38. The number of pyridine rings is 1. The van der Waals surface area contributed by atoms with Crippen LogP contribution in [0.4, 0.5) is 26.3 Å². The first-order valence-corrected chi connectivity index (χ1v) is 7.72. The molecular weight excluding hydrogens is 432 g/mol. The smallest absolute Gasteiger partial charge is 0.475 e. The summed E-state index contributed by atoms with van der Waals surface area (Å²) in [5.41, 5.74) is 3.84. The summed E-state index contributed by atoms with van der Waals surface area (Å²) in [5, 5.41) is 15.1. The number of hydrogen-bond donors (Lipinski definition) is 3. The summed E-state index contributed by atoms with van der Waals surface area (Å²) in [6, 6.07) is 6.22. The van der Waals surface area contributed by atoms with E-state index in [4.69, 9.17) is 32.6 Å². The second kappa shape index (κ2) is 8.99. The molecule has 6 nitrogen and oxygen atoms in total. The molecule has 158 valence electrons. The zero-order valence-corrected chi connectivity index (χ0v) is 14.9. The maximum atomic E-state index is 13.0. The number of carboxylic acid groups (broad SMARTS) is 1. The Labute approximate surface area is 163 Å². The van der Waals surface area contributed by atoms with Gasteiger partial charge in [0.05, 0.1) is 16.1 Å². The van der Waals surface area contributed by atoms with Crippen LogP contribution >= 0.6 is 11.6 Å². The zero-order chi connectivity index (χ0) is 22.6. The number of nitrogens with one attached hydrogen (secondary N) is 1. The summed E-state index contributed by atoms with van der Waals surface area (Å²) >= 11 is 5.83. The molecule has 0 saturated heterocycles. The Morgan fingerprint density at radius 2 is 1.66 bits per heavy atom. The van der Waals surface area contributed by atoms with Crippen LogP contribution in [-0.2, 0) is 17.5 Å². The van der Waals surface area contributed by atoms with Crippen molar-refractivity contribution in [1.82, 2.24) is 4.57 Å². The topological polar surface area (TPSA) is 109 Å². The number of aliphatic carboxylic acids is 1. The van der Waals surface area contributed by atoms with Crippen LogP contribution in [-0.4, -0.2) is 27.7 Å². The van der Waals surface area contributed by atoms with Gasteiger partial charge in [-0.05, 0) is 17.7 Å². The number of halogens is 7. The van der Waals surface area contributed by atoms with Crippen molar-refractivity contribution in [2.75, 3.05) is 0 Å². The van der Waals surface area contributed by atoms with E-state index >= 15 is 0 Å². The molecule has 0 atom stereocenters. The molecule has 0 fully saturated rings. The molecule has 4 N–H and O–H groups in total. The molecule has 0 radical (unpaired) electrons. The molecule has 1 aromatic carbocycles. The lowest BCUT2D eigenvalue weighted by Crippen LogP contribution is -2.30.